The lowest BCUT2D eigenvalue weighted by atomic mass is 9.97. The molecule has 0 unspecified atom stereocenters. The van der Waals surface area contributed by atoms with E-state index in [2.05, 4.69) is 44.6 Å². The Kier molecular flexibility index (Phi) is 6.12. The Morgan fingerprint density at radius 1 is 1.25 bits per heavy atom. The SMILES string of the molecule is CC(C)n1c(SCc2cccnc2)nnc1[C@H]1CCCN(Cc2ccco2)C1. The number of rotatable bonds is 7. The summed E-state index contributed by atoms with van der Waals surface area (Å²) >= 11 is 1.74. The summed E-state index contributed by atoms with van der Waals surface area (Å²) in [6.45, 7) is 7.39. The quantitative estimate of drug-likeness (QED) is 0.546. The highest BCUT2D eigenvalue weighted by molar-refractivity contribution is 7.98. The van der Waals surface area contributed by atoms with Crippen molar-refractivity contribution in [1.29, 1.82) is 0 Å². The van der Waals surface area contributed by atoms with Crippen molar-refractivity contribution in [3.8, 4) is 0 Å². The normalized spacial score (nSPS) is 18.0. The van der Waals surface area contributed by atoms with E-state index in [1.165, 1.54) is 12.0 Å². The van der Waals surface area contributed by atoms with Gasteiger partial charge in [0, 0.05) is 36.7 Å². The van der Waals surface area contributed by atoms with Crippen molar-refractivity contribution in [2.45, 2.75) is 56.1 Å². The van der Waals surface area contributed by atoms with Crippen LogP contribution in [0.2, 0.25) is 0 Å². The number of likely N-dealkylation sites (tertiary alicyclic amines) is 1. The van der Waals surface area contributed by atoms with Crippen LogP contribution in [0.5, 0.6) is 0 Å². The van der Waals surface area contributed by atoms with Crippen LogP contribution in [0.1, 0.15) is 55.8 Å². The molecule has 3 aromatic rings. The second-order valence-corrected chi connectivity index (χ2v) is 8.55. The number of hydrogen-bond acceptors (Lipinski definition) is 6. The zero-order chi connectivity index (χ0) is 19.3. The molecule has 0 aromatic carbocycles. The van der Waals surface area contributed by atoms with Crippen molar-refractivity contribution in [3.05, 3.63) is 60.1 Å². The first-order chi connectivity index (χ1) is 13.7. The summed E-state index contributed by atoms with van der Waals surface area (Å²) in [4.78, 5) is 6.67. The average molecular weight is 398 g/mol. The van der Waals surface area contributed by atoms with Gasteiger partial charge in [-0.25, -0.2) is 0 Å². The van der Waals surface area contributed by atoms with Gasteiger partial charge in [0.1, 0.15) is 11.6 Å². The van der Waals surface area contributed by atoms with Gasteiger partial charge in [0.15, 0.2) is 5.16 Å². The third-order valence-electron chi connectivity index (χ3n) is 5.13. The molecule has 3 aromatic heterocycles. The third kappa shape index (κ3) is 4.47. The number of furan rings is 1. The fraction of sp³-hybridized carbons (Fsp3) is 0.476. The predicted molar refractivity (Wildman–Crippen MR) is 110 cm³/mol. The van der Waals surface area contributed by atoms with E-state index < -0.39 is 0 Å². The molecule has 0 saturated carbocycles. The van der Waals surface area contributed by atoms with Gasteiger partial charge < -0.3 is 8.98 Å². The summed E-state index contributed by atoms with van der Waals surface area (Å²) in [6, 6.07) is 8.42. The van der Waals surface area contributed by atoms with Crippen LogP contribution >= 0.6 is 11.8 Å². The van der Waals surface area contributed by atoms with Crippen LogP contribution in [-0.2, 0) is 12.3 Å². The Morgan fingerprint density at radius 2 is 2.18 bits per heavy atom. The molecule has 0 spiro atoms. The van der Waals surface area contributed by atoms with Gasteiger partial charge in [-0.3, -0.25) is 9.88 Å². The number of piperidine rings is 1. The lowest BCUT2D eigenvalue weighted by molar-refractivity contribution is 0.181. The Hall–Kier alpha value is -2.12. The van der Waals surface area contributed by atoms with Crippen molar-refractivity contribution < 1.29 is 4.42 Å². The minimum Gasteiger partial charge on any atom is -0.468 e. The summed E-state index contributed by atoms with van der Waals surface area (Å²) in [5, 5.41) is 10.2. The Labute approximate surface area is 170 Å². The molecule has 7 heteroatoms. The summed E-state index contributed by atoms with van der Waals surface area (Å²) in [7, 11) is 0. The van der Waals surface area contributed by atoms with Gasteiger partial charge in [-0.2, -0.15) is 0 Å². The largest absolute Gasteiger partial charge is 0.468 e. The minimum absolute atomic E-state index is 0.335. The first-order valence-electron chi connectivity index (χ1n) is 9.92. The van der Waals surface area contributed by atoms with Crippen LogP contribution in [0.15, 0.2) is 52.5 Å². The molecule has 0 aliphatic carbocycles. The van der Waals surface area contributed by atoms with Crippen LogP contribution in [0, 0.1) is 0 Å². The minimum atomic E-state index is 0.335. The predicted octanol–water partition coefficient (Wildman–Crippen LogP) is 4.52. The molecule has 6 nitrogen and oxygen atoms in total. The Bertz CT molecular complexity index is 862. The van der Waals surface area contributed by atoms with E-state index in [-0.39, 0.29) is 0 Å². The average Bonchev–Trinajstić information content (AvgIpc) is 3.37. The molecule has 0 N–H and O–H groups in total. The van der Waals surface area contributed by atoms with Crippen LogP contribution in [-0.4, -0.2) is 37.7 Å². The first kappa shape index (κ1) is 19.2. The lowest BCUT2D eigenvalue weighted by Crippen LogP contribution is -2.35. The molecule has 148 valence electrons. The smallest absolute Gasteiger partial charge is 0.191 e. The molecule has 28 heavy (non-hydrogen) atoms. The van der Waals surface area contributed by atoms with Gasteiger partial charge in [0.05, 0.1) is 12.8 Å². The zero-order valence-electron chi connectivity index (χ0n) is 16.5. The topological polar surface area (TPSA) is 60.0 Å². The molecule has 0 radical (unpaired) electrons. The van der Waals surface area contributed by atoms with Crippen LogP contribution in [0.3, 0.4) is 0 Å². The molecule has 0 amide bonds. The summed E-state index contributed by atoms with van der Waals surface area (Å²) in [5.41, 5.74) is 1.20. The van der Waals surface area contributed by atoms with Crippen molar-refractivity contribution in [2.24, 2.45) is 0 Å². The van der Waals surface area contributed by atoms with E-state index >= 15 is 0 Å². The highest BCUT2D eigenvalue weighted by Gasteiger charge is 2.28. The molecule has 1 atom stereocenters. The fourth-order valence-corrected chi connectivity index (χ4v) is 4.82. The maximum absolute atomic E-state index is 5.53. The maximum Gasteiger partial charge on any atom is 0.191 e. The van der Waals surface area contributed by atoms with Gasteiger partial charge in [-0.05, 0) is 57.0 Å². The van der Waals surface area contributed by atoms with Crippen molar-refractivity contribution in [3.63, 3.8) is 0 Å². The van der Waals surface area contributed by atoms with E-state index in [4.69, 9.17) is 4.42 Å². The number of pyridine rings is 1. The van der Waals surface area contributed by atoms with E-state index in [9.17, 15) is 0 Å². The first-order valence-corrected chi connectivity index (χ1v) is 10.9. The van der Waals surface area contributed by atoms with E-state index in [1.807, 2.05) is 24.4 Å². The van der Waals surface area contributed by atoms with Gasteiger partial charge in [0.25, 0.3) is 0 Å². The maximum atomic E-state index is 5.53. The van der Waals surface area contributed by atoms with E-state index in [1.54, 1.807) is 24.2 Å². The molecular formula is C21H27N5OS. The van der Waals surface area contributed by atoms with Gasteiger partial charge in [-0.15, -0.1) is 10.2 Å². The summed E-state index contributed by atoms with van der Waals surface area (Å²) < 4.78 is 7.86. The van der Waals surface area contributed by atoms with Gasteiger partial charge in [0.2, 0.25) is 0 Å². The highest BCUT2D eigenvalue weighted by Crippen LogP contribution is 2.32. The standard InChI is InChI=1S/C21H27N5OS/c1-16(2)26-20(23-24-21(26)28-15-17-6-3-9-22-12-17)18-7-4-10-25(13-18)14-19-8-5-11-27-19/h3,5-6,8-9,11-12,16,18H,4,7,10,13-15H2,1-2H3/t18-/m0/s1. The lowest BCUT2D eigenvalue weighted by Gasteiger charge is -2.32. The van der Waals surface area contributed by atoms with Gasteiger partial charge >= 0.3 is 0 Å². The highest BCUT2D eigenvalue weighted by atomic mass is 32.2. The van der Waals surface area contributed by atoms with Crippen LogP contribution < -0.4 is 0 Å². The number of hydrogen-bond donors (Lipinski definition) is 0. The second-order valence-electron chi connectivity index (χ2n) is 7.61. The fourth-order valence-electron chi connectivity index (χ4n) is 3.81. The zero-order valence-corrected chi connectivity index (χ0v) is 17.3. The molecule has 4 heterocycles. The monoisotopic (exact) mass is 397 g/mol. The number of nitrogens with zero attached hydrogens (tertiary/aromatic N) is 5. The molecular weight excluding hydrogens is 370 g/mol. The molecule has 1 aliphatic heterocycles. The Morgan fingerprint density at radius 3 is 2.93 bits per heavy atom. The van der Waals surface area contributed by atoms with Crippen molar-refractivity contribution >= 4 is 11.8 Å². The van der Waals surface area contributed by atoms with Crippen LogP contribution in [0.4, 0.5) is 0 Å². The molecule has 1 fully saturated rings. The van der Waals surface area contributed by atoms with Crippen molar-refractivity contribution in [1.82, 2.24) is 24.6 Å². The number of aromatic nitrogens is 4. The number of thioether (sulfide) groups is 1. The third-order valence-corrected chi connectivity index (χ3v) is 6.14. The second kappa shape index (κ2) is 8.92. The van der Waals surface area contributed by atoms with Gasteiger partial charge in [-0.1, -0.05) is 17.8 Å². The van der Waals surface area contributed by atoms with Crippen molar-refractivity contribution in [2.75, 3.05) is 13.1 Å². The van der Waals surface area contributed by atoms with E-state index in [0.717, 1.165) is 48.5 Å². The summed E-state index contributed by atoms with van der Waals surface area (Å²) in [5.74, 6) is 3.41. The molecule has 1 saturated heterocycles. The summed E-state index contributed by atoms with van der Waals surface area (Å²) in [6.07, 6.45) is 7.80. The molecule has 0 bridgehead atoms. The molecule has 4 rings (SSSR count). The Balaban J connectivity index is 1.48. The van der Waals surface area contributed by atoms with E-state index in [0.29, 0.717) is 12.0 Å². The van der Waals surface area contributed by atoms with Crippen LogP contribution in [0.25, 0.3) is 0 Å². The molecule has 1 aliphatic rings.